The molecule has 2 unspecified atom stereocenters. The van der Waals surface area contributed by atoms with Crippen LogP contribution in [0.1, 0.15) is 26.3 Å². The van der Waals surface area contributed by atoms with Crippen LogP contribution >= 0.6 is 0 Å². The van der Waals surface area contributed by atoms with Gasteiger partial charge in [0.1, 0.15) is 5.75 Å². The first-order chi connectivity index (χ1) is 13.0. The van der Waals surface area contributed by atoms with Gasteiger partial charge < -0.3 is 19.9 Å². The average Bonchev–Trinajstić information content (AvgIpc) is 3.21. The molecule has 6 nitrogen and oxygen atoms in total. The van der Waals surface area contributed by atoms with Crippen LogP contribution < -0.4 is 10.1 Å². The molecular weight excluding hydrogens is 340 g/mol. The van der Waals surface area contributed by atoms with Crippen molar-refractivity contribution in [1.82, 2.24) is 15.1 Å². The van der Waals surface area contributed by atoms with Crippen LogP contribution in [0.25, 0.3) is 0 Å². The van der Waals surface area contributed by atoms with Gasteiger partial charge in [-0.3, -0.25) is 9.79 Å². The number of amides is 1. The summed E-state index contributed by atoms with van der Waals surface area (Å²) in [4.78, 5) is 21.5. The molecule has 0 radical (unpaired) electrons. The third kappa shape index (κ3) is 4.26. The van der Waals surface area contributed by atoms with E-state index in [0.717, 1.165) is 43.3 Å². The zero-order valence-electron chi connectivity index (χ0n) is 16.7. The number of ether oxygens (including phenoxy) is 1. The van der Waals surface area contributed by atoms with Gasteiger partial charge in [-0.1, -0.05) is 18.2 Å². The summed E-state index contributed by atoms with van der Waals surface area (Å²) in [7, 11) is 1.69. The van der Waals surface area contributed by atoms with E-state index in [-0.39, 0.29) is 5.91 Å². The fourth-order valence-corrected chi connectivity index (χ4v) is 3.66. The molecule has 0 bridgehead atoms. The Morgan fingerprint density at radius 3 is 2.78 bits per heavy atom. The molecule has 146 valence electrons. The van der Waals surface area contributed by atoms with Gasteiger partial charge in [-0.15, -0.1) is 0 Å². The standard InChI is InChI=1S/C21H30N4O2/c1-5-15(2)20(26)22-10-11-24-18(14-25-16(3)13-23-21(24)25)12-17-6-8-19(27-4)9-7-17/h5-9,16,18H,10-14H2,1-4H3,(H,22,26). The summed E-state index contributed by atoms with van der Waals surface area (Å²) in [6.45, 7) is 9.16. The smallest absolute Gasteiger partial charge is 0.246 e. The van der Waals surface area contributed by atoms with E-state index in [1.54, 1.807) is 7.11 Å². The summed E-state index contributed by atoms with van der Waals surface area (Å²) < 4.78 is 5.26. The van der Waals surface area contributed by atoms with E-state index in [0.29, 0.717) is 18.6 Å². The Kier molecular flexibility index (Phi) is 6.04. The van der Waals surface area contributed by atoms with Crippen molar-refractivity contribution < 1.29 is 9.53 Å². The molecule has 2 heterocycles. The lowest BCUT2D eigenvalue weighted by Crippen LogP contribution is -2.42. The van der Waals surface area contributed by atoms with Crippen LogP contribution in [-0.4, -0.2) is 67.0 Å². The lowest BCUT2D eigenvalue weighted by molar-refractivity contribution is -0.117. The van der Waals surface area contributed by atoms with E-state index in [1.165, 1.54) is 5.56 Å². The van der Waals surface area contributed by atoms with Crippen LogP contribution in [0, 0.1) is 0 Å². The number of hydrogen-bond acceptors (Lipinski definition) is 5. The van der Waals surface area contributed by atoms with Crippen molar-refractivity contribution >= 4 is 11.9 Å². The number of hydrogen-bond donors (Lipinski definition) is 1. The maximum atomic E-state index is 12.0. The van der Waals surface area contributed by atoms with Crippen molar-refractivity contribution in [2.75, 3.05) is 33.3 Å². The van der Waals surface area contributed by atoms with Gasteiger partial charge in [0, 0.05) is 31.2 Å². The number of benzene rings is 1. The number of carbonyl (C=O) groups is 1. The van der Waals surface area contributed by atoms with Crippen molar-refractivity contribution in [3.8, 4) is 5.75 Å². The first-order valence-electron chi connectivity index (χ1n) is 9.65. The SMILES string of the molecule is CC=C(C)C(=O)NCCN1C2=NCC(C)N2CC1Cc1ccc(OC)cc1. The predicted molar refractivity (Wildman–Crippen MR) is 108 cm³/mol. The van der Waals surface area contributed by atoms with Crippen molar-refractivity contribution in [2.24, 2.45) is 4.99 Å². The molecule has 0 aliphatic carbocycles. The molecule has 1 fully saturated rings. The molecule has 6 heteroatoms. The fraction of sp³-hybridized carbons (Fsp3) is 0.524. The second-order valence-electron chi connectivity index (χ2n) is 7.27. The van der Waals surface area contributed by atoms with E-state index in [4.69, 9.17) is 9.73 Å². The molecule has 1 N–H and O–H groups in total. The quantitative estimate of drug-likeness (QED) is 0.747. The Balaban J connectivity index is 1.66. The van der Waals surface area contributed by atoms with Crippen LogP contribution in [0.3, 0.4) is 0 Å². The van der Waals surface area contributed by atoms with Crippen LogP contribution in [0.15, 0.2) is 40.9 Å². The van der Waals surface area contributed by atoms with Gasteiger partial charge in [-0.2, -0.15) is 0 Å². The molecule has 27 heavy (non-hydrogen) atoms. The molecule has 1 aromatic carbocycles. The van der Waals surface area contributed by atoms with Gasteiger partial charge >= 0.3 is 0 Å². The minimum absolute atomic E-state index is 0.00184. The highest BCUT2D eigenvalue weighted by Gasteiger charge is 2.40. The summed E-state index contributed by atoms with van der Waals surface area (Å²) in [6, 6.07) is 9.08. The monoisotopic (exact) mass is 370 g/mol. The van der Waals surface area contributed by atoms with E-state index in [1.807, 2.05) is 32.1 Å². The highest BCUT2D eigenvalue weighted by atomic mass is 16.5. The molecule has 2 aliphatic rings. The van der Waals surface area contributed by atoms with Gasteiger partial charge in [0.15, 0.2) is 5.96 Å². The molecule has 3 rings (SSSR count). The predicted octanol–water partition coefficient (Wildman–Crippen LogP) is 2.06. The summed E-state index contributed by atoms with van der Waals surface area (Å²) in [5, 5.41) is 3.01. The number of allylic oxidation sites excluding steroid dienone is 1. The second kappa shape index (κ2) is 8.46. The lowest BCUT2D eigenvalue weighted by Gasteiger charge is -2.25. The number of carbonyl (C=O) groups excluding carboxylic acids is 1. The van der Waals surface area contributed by atoms with Gasteiger partial charge in [-0.25, -0.2) is 0 Å². The second-order valence-corrected chi connectivity index (χ2v) is 7.27. The summed E-state index contributed by atoms with van der Waals surface area (Å²) in [6.07, 6.45) is 2.79. The molecule has 0 aromatic heterocycles. The molecule has 0 saturated carbocycles. The molecule has 2 atom stereocenters. The third-order valence-electron chi connectivity index (χ3n) is 5.45. The molecule has 2 aliphatic heterocycles. The first kappa shape index (κ1) is 19.3. The summed E-state index contributed by atoms with van der Waals surface area (Å²) in [5.74, 6) is 1.96. The average molecular weight is 370 g/mol. The van der Waals surface area contributed by atoms with Crippen molar-refractivity contribution in [1.29, 1.82) is 0 Å². The number of rotatable bonds is 7. The zero-order valence-corrected chi connectivity index (χ0v) is 16.7. The van der Waals surface area contributed by atoms with Crippen molar-refractivity contribution in [3.05, 3.63) is 41.5 Å². The lowest BCUT2D eigenvalue weighted by atomic mass is 10.0. The Morgan fingerprint density at radius 1 is 1.37 bits per heavy atom. The van der Waals surface area contributed by atoms with Gasteiger partial charge in [-0.05, 0) is 44.9 Å². The van der Waals surface area contributed by atoms with E-state index >= 15 is 0 Å². The molecular formula is C21H30N4O2. The van der Waals surface area contributed by atoms with Crippen molar-refractivity contribution in [2.45, 2.75) is 39.3 Å². The number of methoxy groups -OCH3 is 1. The normalized spacial score (nSPS) is 21.9. The highest BCUT2D eigenvalue weighted by Crippen LogP contribution is 2.26. The minimum Gasteiger partial charge on any atom is -0.497 e. The Morgan fingerprint density at radius 2 is 2.11 bits per heavy atom. The summed E-state index contributed by atoms with van der Waals surface area (Å²) >= 11 is 0. The van der Waals surface area contributed by atoms with Crippen LogP contribution in [-0.2, 0) is 11.2 Å². The Labute approximate surface area is 161 Å². The maximum Gasteiger partial charge on any atom is 0.246 e. The number of guanidine groups is 1. The minimum atomic E-state index is 0.00184. The van der Waals surface area contributed by atoms with Crippen LogP contribution in [0.5, 0.6) is 5.75 Å². The van der Waals surface area contributed by atoms with E-state index in [9.17, 15) is 4.79 Å². The Hall–Kier alpha value is -2.50. The Bertz CT molecular complexity index is 726. The van der Waals surface area contributed by atoms with E-state index in [2.05, 4.69) is 34.2 Å². The van der Waals surface area contributed by atoms with Crippen LogP contribution in [0.2, 0.25) is 0 Å². The van der Waals surface area contributed by atoms with Gasteiger partial charge in [0.25, 0.3) is 0 Å². The number of fused-ring (bicyclic) bond motifs is 1. The summed E-state index contributed by atoms with van der Waals surface area (Å²) in [5.41, 5.74) is 2.04. The zero-order chi connectivity index (χ0) is 19.4. The van der Waals surface area contributed by atoms with Gasteiger partial charge in [0.2, 0.25) is 5.91 Å². The fourth-order valence-electron chi connectivity index (χ4n) is 3.66. The van der Waals surface area contributed by atoms with Gasteiger partial charge in [0.05, 0.1) is 19.7 Å². The molecule has 1 aromatic rings. The number of nitrogens with one attached hydrogen (secondary N) is 1. The third-order valence-corrected chi connectivity index (χ3v) is 5.45. The topological polar surface area (TPSA) is 57.2 Å². The van der Waals surface area contributed by atoms with Crippen LogP contribution in [0.4, 0.5) is 0 Å². The molecule has 1 saturated heterocycles. The number of aliphatic imine (C=N–C) groups is 1. The van der Waals surface area contributed by atoms with E-state index < -0.39 is 0 Å². The van der Waals surface area contributed by atoms with Crippen molar-refractivity contribution in [3.63, 3.8) is 0 Å². The largest absolute Gasteiger partial charge is 0.497 e. The highest BCUT2D eigenvalue weighted by molar-refractivity contribution is 5.92. The molecule has 1 amide bonds. The number of nitrogens with zero attached hydrogens (tertiary/aromatic N) is 3. The maximum absolute atomic E-state index is 12.0. The first-order valence-corrected chi connectivity index (χ1v) is 9.65. The molecule has 0 spiro atoms.